The van der Waals surface area contributed by atoms with E-state index in [1.807, 2.05) is 33.8 Å². The van der Waals surface area contributed by atoms with Gasteiger partial charge in [-0.3, -0.25) is 4.79 Å². The minimum atomic E-state index is -0.560. The van der Waals surface area contributed by atoms with Crippen molar-refractivity contribution in [1.29, 1.82) is 0 Å². The molecule has 0 bridgehead atoms. The second kappa shape index (κ2) is 3.96. The van der Waals surface area contributed by atoms with Crippen molar-refractivity contribution in [3.05, 3.63) is 28.0 Å². The molecule has 6 heteroatoms. The van der Waals surface area contributed by atoms with Gasteiger partial charge in [0.15, 0.2) is 0 Å². The first-order valence-corrected chi connectivity index (χ1v) is 7.02. The maximum Gasteiger partial charge on any atom is 0.512 e. The number of nitrogens with two attached hydrogens (primary N) is 1. The summed E-state index contributed by atoms with van der Waals surface area (Å²) in [6.07, 6.45) is 1.83. The van der Waals surface area contributed by atoms with E-state index in [0.29, 0.717) is 5.59 Å². The van der Waals surface area contributed by atoms with E-state index in [-0.39, 0.29) is 11.1 Å². The van der Waals surface area contributed by atoms with Crippen molar-refractivity contribution in [3.8, 4) is 0 Å². The summed E-state index contributed by atoms with van der Waals surface area (Å²) in [5, 5.41) is 0. The van der Waals surface area contributed by atoms with Gasteiger partial charge in [-0.2, -0.15) is 0 Å². The van der Waals surface area contributed by atoms with Crippen LogP contribution in [0.3, 0.4) is 0 Å². The van der Waals surface area contributed by atoms with Crippen LogP contribution >= 0.6 is 0 Å². The molecule has 1 aromatic rings. The third-order valence-electron chi connectivity index (χ3n) is 4.74. The van der Waals surface area contributed by atoms with E-state index < -0.39 is 18.3 Å². The van der Waals surface area contributed by atoms with Crippen molar-refractivity contribution in [3.63, 3.8) is 0 Å². The molecule has 2 heterocycles. The molecular weight excluding hydrogens is 255 g/mol. The topological polar surface area (TPSA) is 77.3 Å². The summed E-state index contributed by atoms with van der Waals surface area (Å²) in [5.74, 6) is 0. The molecule has 0 amide bonds. The van der Waals surface area contributed by atoms with Crippen LogP contribution in [0.5, 0.6) is 0 Å². The Labute approximate surface area is 119 Å². The quantitative estimate of drug-likeness (QED) is 0.776. The second-order valence-corrected chi connectivity index (χ2v) is 6.93. The Bertz CT molecular complexity index is 589. The normalized spacial score (nSPS) is 25.8. The third kappa shape index (κ3) is 2.12. The summed E-state index contributed by atoms with van der Waals surface area (Å²) in [7, 11) is -0.560. The van der Waals surface area contributed by atoms with Crippen LogP contribution in [0.25, 0.3) is 0 Å². The van der Waals surface area contributed by atoms with Crippen LogP contribution in [0.1, 0.15) is 46.1 Å². The highest BCUT2D eigenvalue weighted by Crippen LogP contribution is 2.42. The van der Waals surface area contributed by atoms with Crippen LogP contribution < -0.4 is 16.9 Å². The van der Waals surface area contributed by atoms with Crippen LogP contribution in [-0.4, -0.2) is 23.3 Å². The molecule has 0 radical (unpaired) electrons. The van der Waals surface area contributed by atoms with Gasteiger partial charge < -0.3 is 20.0 Å². The number of hydrogen-bond acceptors (Lipinski definition) is 4. The molecule has 3 N–H and O–H groups in total. The van der Waals surface area contributed by atoms with Crippen molar-refractivity contribution in [2.75, 3.05) is 0 Å². The standard InChI is InChI=1S/C14H21BN2O3/c1-12(2)13(3,4)20-15(19-12)10-7-9(8-11(18)17-10)14(16)5-6-14/h7-8H,5-6,16H2,1-4H3,(H,17,18). The van der Waals surface area contributed by atoms with Crippen LogP contribution in [-0.2, 0) is 14.8 Å². The lowest BCUT2D eigenvalue weighted by Gasteiger charge is -2.32. The lowest BCUT2D eigenvalue weighted by molar-refractivity contribution is 0.00578. The average molecular weight is 276 g/mol. The lowest BCUT2D eigenvalue weighted by atomic mass is 9.82. The molecule has 20 heavy (non-hydrogen) atoms. The van der Waals surface area contributed by atoms with Gasteiger partial charge in [0.25, 0.3) is 0 Å². The summed E-state index contributed by atoms with van der Waals surface area (Å²) in [6.45, 7) is 7.95. The zero-order chi connectivity index (χ0) is 14.8. The number of aromatic nitrogens is 1. The summed E-state index contributed by atoms with van der Waals surface area (Å²) in [6, 6.07) is 3.47. The van der Waals surface area contributed by atoms with Crippen LogP contribution in [0.4, 0.5) is 0 Å². The third-order valence-corrected chi connectivity index (χ3v) is 4.74. The highest BCUT2D eigenvalue weighted by Gasteiger charge is 2.52. The Morgan fingerprint density at radius 3 is 2.20 bits per heavy atom. The molecule has 1 aliphatic carbocycles. The van der Waals surface area contributed by atoms with Crippen LogP contribution in [0.15, 0.2) is 16.9 Å². The average Bonchev–Trinajstić information content (AvgIpc) is 3.01. The van der Waals surface area contributed by atoms with Gasteiger partial charge in [0, 0.05) is 17.2 Å². The predicted octanol–water partition coefficient (Wildman–Crippen LogP) is 0.622. The zero-order valence-electron chi connectivity index (χ0n) is 12.4. The smallest absolute Gasteiger partial charge is 0.398 e. The Hall–Kier alpha value is -1.11. The van der Waals surface area contributed by atoms with Crippen molar-refractivity contribution >= 4 is 12.7 Å². The van der Waals surface area contributed by atoms with E-state index in [9.17, 15) is 4.79 Å². The highest BCUT2D eigenvalue weighted by atomic mass is 16.7. The zero-order valence-corrected chi connectivity index (χ0v) is 12.4. The van der Waals surface area contributed by atoms with Crippen molar-refractivity contribution < 1.29 is 9.31 Å². The van der Waals surface area contributed by atoms with Crippen LogP contribution in [0, 0.1) is 0 Å². The molecule has 2 fully saturated rings. The monoisotopic (exact) mass is 276 g/mol. The Morgan fingerprint density at radius 2 is 1.70 bits per heavy atom. The number of aromatic amines is 1. The molecule has 0 spiro atoms. The van der Waals surface area contributed by atoms with E-state index in [0.717, 1.165) is 18.4 Å². The number of nitrogens with one attached hydrogen (secondary N) is 1. The molecule has 1 aromatic heterocycles. The predicted molar refractivity (Wildman–Crippen MR) is 77.9 cm³/mol. The number of H-pyrrole nitrogens is 1. The number of pyridine rings is 1. The largest absolute Gasteiger partial charge is 0.512 e. The van der Waals surface area contributed by atoms with Gasteiger partial charge in [-0.15, -0.1) is 0 Å². The highest BCUT2D eigenvalue weighted by molar-refractivity contribution is 6.61. The first-order valence-electron chi connectivity index (χ1n) is 7.02. The van der Waals surface area contributed by atoms with Crippen molar-refractivity contribution in [2.24, 2.45) is 5.73 Å². The number of rotatable bonds is 2. The molecule has 0 unspecified atom stereocenters. The summed E-state index contributed by atoms with van der Waals surface area (Å²) < 4.78 is 11.9. The lowest BCUT2D eigenvalue weighted by Crippen LogP contribution is -2.41. The molecule has 108 valence electrons. The van der Waals surface area contributed by atoms with E-state index >= 15 is 0 Å². The fourth-order valence-corrected chi connectivity index (χ4v) is 2.37. The van der Waals surface area contributed by atoms with Gasteiger partial charge in [0.2, 0.25) is 5.56 Å². The molecule has 2 aliphatic rings. The Morgan fingerprint density at radius 1 is 1.15 bits per heavy atom. The van der Waals surface area contributed by atoms with Gasteiger partial charge in [0.1, 0.15) is 0 Å². The first-order chi connectivity index (χ1) is 9.13. The van der Waals surface area contributed by atoms with E-state index in [1.54, 1.807) is 6.07 Å². The molecule has 5 nitrogen and oxygen atoms in total. The van der Waals surface area contributed by atoms with Gasteiger partial charge in [-0.1, -0.05) is 0 Å². The Kier molecular flexibility index (Phi) is 2.75. The molecule has 0 atom stereocenters. The summed E-state index contributed by atoms with van der Waals surface area (Å²) in [4.78, 5) is 14.6. The SMILES string of the molecule is CC1(C)OB(c2cc(C3(N)CC3)cc(=O)[nH]2)OC1(C)C. The molecule has 1 aliphatic heterocycles. The minimum absolute atomic E-state index is 0.163. The minimum Gasteiger partial charge on any atom is -0.398 e. The van der Waals surface area contributed by atoms with Gasteiger partial charge in [-0.05, 0) is 52.2 Å². The summed E-state index contributed by atoms with van der Waals surface area (Å²) in [5.41, 5.74) is 6.33. The molecular formula is C14H21BN2O3. The molecule has 1 saturated carbocycles. The fraction of sp³-hybridized carbons (Fsp3) is 0.643. The maximum absolute atomic E-state index is 11.8. The van der Waals surface area contributed by atoms with Crippen LogP contribution in [0.2, 0.25) is 0 Å². The van der Waals surface area contributed by atoms with E-state index in [1.165, 1.54) is 0 Å². The first kappa shape index (κ1) is 13.9. The maximum atomic E-state index is 11.8. The number of hydrogen-bond donors (Lipinski definition) is 2. The van der Waals surface area contributed by atoms with Gasteiger partial charge >= 0.3 is 7.12 Å². The fourth-order valence-electron chi connectivity index (χ4n) is 2.37. The van der Waals surface area contributed by atoms with E-state index in [2.05, 4.69) is 4.98 Å². The van der Waals surface area contributed by atoms with Gasteiger partial charge in [-0.25, -0.2) is 0 Å². The van der Waals surface area contributed by atoms with Crippen molar-refractivity contribution in [1.82, 2.24) is 4.98 Å². The summed E-state index contributed by atoms with van der Waals surface area (Å²) >= 11 is 0. The van der Waals surface area contributed by atoms with Gasteiger partial charge in [0.05, 0.1) is 11.2 Å². The molecule has 0 aromatic carbocycles. The second-order valence-electron chi connectivity index (χ2n) is 6.93. The molecule has 3 rings (SSSR count). The molecule has 1 saturated heterocycles. The Balaban J connectivity index is 1.96. The van der Waals surface area contributed by atoms with Crippen molar-refractivity contribution in [2.45, 2.75) is 57.3 Å². The van der Waals surface area contributed by atoms with E-state index in [4.69, 9.17) is 15.0 Å².